The Hall–Kier alpha value is -1.95. The summed E-state index contributed by atoms with van der Waals surface area (Å²) in [4.78, 5) is 27.4. The van der Waals surface area contributed by atoms with Gasteiger partial charge in [0.2, 0.25) is 11.8 Å². The summed E-state index contributed by atoms with van der Waals surface area (Å²) in [5.74, 6) is 0.295. The highest BCUT2D eigenvalue weighted by Crippen LogP contribution is 2.27. The van der Waals surface area contributed by atoms with Crippen molar-refractivity contribution in [2.75, 3.05) is 6.61 Å². The van der Waals surface area contributed by atoms with Crippen molar-refractivity contribution in [2.24, 2.45) is 0 Å². The van der Waals surface area contributed by atoms with Gasteiger partial charge in [-0.15, -0.1) is 0 Å². The third-order valence-electron chi connectivity index (χ3n) is 5.18. The van der Waals surface area contributed by atoms with E-state index in [1.807, 2.05) is 13.8 Å². The number of hydrogen-bond acceptors (Lipinski definition) is 3. The molecule has 0 spiro atoms. The minimum absolute atomic E-state index is 0.0126. The molecule has 0 unspecified atom stereocenters. The molecule has 0 aromatic heterocycles. The number of carbonyl (C=O) groups excluding carboxylic acids is 2. The van der Waals surface area contributed by atoms with E-state index in [1.165, 1.54) is 4.90 Å². The molecule has 2 amide bonds. The van der Waals surface area contributed by atoms with Gasteiger partial charge in [-0.1, -0.05) is 47.8 Å². The van der Waals surface area contributed by atoms with Gasteiger partial charge >= 0.3 is 0 Å². The number of rotatable bonds is 11. The molecule has 174 valence electrons. The summed E-state index contributed by atoms with van der Waals surface area (Å²) in [6.45, 7) is 6.13. The normalized spacial score (nSPS) is 12.7. The van der Waals surface area contributed by atoms with Crippen LogP contribution in [0.5, 0.6) is 5.75 Å². The quantitative estimate of drug-likeness (QED) is 0.378. The van der Waals surface area contributed by atoms with Crippen LogP contribution in [0.4, 0.5) is 0 Å². The van der Waals surface area contributed by atoms with Crippen molar-refractivity contribution >= 4 is 46.6 Å². The summed E-state index contributed by atoms with van der Waals surface area (Å²) >= 11 is 18.5. The van der Waals surface area contributed by atoms with Gasteiger partial charge in [-0.2, -0.15) is 0 Å². The molecular formula is C24H29Cl3N2O3. The lowest BCUT2D eigenvalue weighted by Crippen LogP contribution is -2.49. The molecule has 0 aliphatic rings. The van der Waals surface area contributed by atoms with Crippen LogP contribution < -0.4 is 10.1 Å². The Morgan fingerprint density at radius 2 is 1.66 bits per heavy atom. The topological polar surface area (TPSA) is 58.6 Å². The van der Waals surface area contributed by atoms with Gasteiger partial charge in [-0.05, 0) is 63.1 Å². The average Bonchev–Trinajstić information content (AvgIpc) is 2.77. The molecule has 8 heteroatoms. The Labute approximate surface area is 205 Å². The van der Waals surface area contributed by atoms with Crippen LogP contribution in [-0.4, -0.2) is 35.4 Å². The second-order valence-electron chi connectivity index (χ2n) is 7.62. The molecule has 32 heavy (non-hydrogen) atoms. The maximum Gasteiger partial charge on any atom is 0.242 e. The van der Waals surface area contributed by atoms with E-state index in [4.69, 9.17) is 39.5 Å². The van der Waals surface area contributed by atoms with E-state index in [0.717, 1.165) is 6.42 Å². The molecule has 0 aliphatic carbocycles. The Balaban J connectivity index is 2.07. The molecular weight excluding hydrogens is 471 g/mol. The van der Waals surface area contributed by atoms with Crippen LogP contribution in [0.3, 0.4) is 0 Å². The summed E-state index contributed by atoms with van der Waals surface area (Å²) in [5.41, 5.74) is 0.616. The first-order valence-corrected chi connectivity index (χ1v) is 11.8. The molecule has 0 radical (unpaired) electrons. The molecule has 2 aromatic rings. The number of carbonyl (C=O) groups is 2. The van der Waals surface area contributed by atoms with Crippen molar-refractivity contribution in [3.05, 3.63) is 63.1 Å². The van der Waals surface area contributed by atoms with Crippen LogP contribution >= 0.6 is 34.8 Å². The van der Waals surface area contributed by atoms with Crippen molar-refractivity contribution in [1.82, 2.24) is 10.2 Å². The first-order valence-electron chi connectivity index (χ1n) is 10.6. The Morgan fingerprint density at radius 1 is 1.03 bits per heavy atom. The summed E-state index contributed by atoms with van der Waals surface area (Å²) in [6.07, 6.45) is 1.51. The molecule has 1 N–H and O–H groups in total. The lowest BCUT2D eigenvalue weighted by molar-refractivity contribution is -0.141. The zero-order valence-electron chi connectivity index (χ0n) is 18.5. The molecule has 0 heterocycles. The van der Waals surface area contributed by atoms with E-state index in [9.17, 15) is 9.59 Å². The van der Waals surface area contributed by atoms with E-state index >= 15 is 0 Å². The Morgan fingerprint density at radius 3 is 2.25 bits per heavy atom. The molecule has 5 nitrogen and oxygen atoms in total. The highest BCUT2D eigenvalue weighted by Gasteiger charge is 2.27. The molecule has 0 bridgehead atoms. The summed E-state index contributed by atoms with van der Waals surface area (Å²) in [6, 6.07) is 11.6. The number of halogens is 3. The number of benzene rings is 2. The minimum atomic E-state index is -0.680. The van der Waals surface area contributed by atoms with Crippen molar-refractivity contribution in [2.45, 2.75) is 58.7 Å². The van der Waals surface area contributed by atoms with Crippen molar-refractivity contribution in [1.29, 1.82) is 0 Å². The summed E-state index contributed by atoms with van der Waals surface area (Å²) in [5, 5.41) is 4.48. The monoisotopic (exact) mass is 498 g/mol. The van der Waals surface area contributed by atoms with Crippen LogP contribution in [0.15, 0.2) is 42.5 Å². The van der Waals surface area contributed by atoms with Gasteiger partial charge in [-0.25, -0.2) is 0 Å². The lowest BCUT2D eigenvalue weighted by Gasteiger charge is -2.30. The van der Waals surface area contributed by atoms with Gasteiger partial charge in [0, 0.05) is 39.6 Å². The SMILES string of the molecule is CC[C@@H](C)NC(=O)[C@@H](C)N(Cc1c(Cl)cccc1Cl)C(=O)CCCOc1ccc(Cl)cc1. The highest BCUT2D eigenvalue weighted by molar-refractivity contribution is 6.36. The first-order chi connectivity index (χ1) is 15.2. The zero-order chi connectivity index (χ0) is 23.7. The fourth-order valence-corrected chi connectivity index (χ4v) is 3.63. The Bertz CT molecular complexity index is 886. The fraction of sp³-hybridized carbons (Fsp3) is 0.417. The van der Waals surface area contributed by atoms with Gasteiger partial charge in [-0.3, -0.25) is 9.59 Å². The van der Waals surface area contributed by atoms with Crippen LogP contribution in [0, 0.1) is 0 Å². The molecule has 0 saturated carbocycles. The molecule has 0 saturated heterocycles. The number of hydrogen-bond donors (Lipinski definition) is 1. The van der Waals surface area contributed by atoms with Crippen LogP contribution in [-0.2, 0) is 16.1 Å². The van der Waals surface area contributed by atoms with E-state index in [2.05, 4.69) is 5.32 Å². The molecule has 2 rings (SSSR count). The molecule has 2 atom stereocenters. The lowest BCUT2D eigenvalue weighted by atomic mass is 10.1. The standard InChI is InChI=1S/C24H29Cl3N2O3/c1-4-16(2)28-24(31)17(3)29(15-20-21(26)7-5-8-22(20)27)23(30)9-6-14-32-19-12-10-18(25)11-13-19/h5,7-8,10-13,16-17H,4,6,9,14-15H2,1-3H3,(H,28,31)/t16-,17-/m1/s1. The smallest absolute Gasteiger partial charge is 0.242 e. The largest absolute Gasteiger partial charge is 0.494 e. The zero-order valence-corrected chi connectivity index (χ0v) is 20.8. The van der Waals surface area contributed by atoms with Crippen LogP contribution in [0.25, 0.3) is 0 Å². The van der Waals surface area contributed by atoms with Crippen molar-refractivity contribution in [3.8, 4) is 5.75 Å². The minimum Gasteiger partial charge on any atom is -0.494 e. The maximum atomic E-state index is 13.1. The van der Waals surface area contributed by atoms with Crippen LogP contribution in [0.2, 0.25) is 15.1 Å². The number of nitrogens with zero attached hydrogens (tertiary/aromatic N) is 1. The molecule has 0 fully saturated rings. The molecule has 0 aliphatic heterocycles. The van der Waals surface area contributed by atoms with Crippen molar-refractivity contribution in [3.63, 3.8) is 0 Å². The van der Waals surface area contributed by atoms with Gasteiger partial charge in [0.05, 0.1) is 6.61 Å². The predicted octanol–water partition coefficient (Wildman–Crippen LogP) is 6.14. The fourth-order valence-electron chi connectivity index (χ4n) is 2.99. The van der Waals surface area contributed by atoms with E-state index in [-0.39, 0.29) is 30.8 Å². The van der Waals surface area contributed by atoms with E-state index < -0.39 is 6.04 Å². The first kappa shape index (κ1) is 26.3. The number of nitrogens with one attached hydrogen (secondary N) is 1. The van der Waals surface area contributed by atoms with Gasteiger partial charge in [0.1, 0.15) is 11.8 Å². The highest BCUT2D eigenvalue weighted by atomic mass is 35.5. The third kappa shape index (κ3) is 7.88. The number of amides is 2. The summed E-state index contributed by atoms with van der Waals surface area (Å²) < 4.78 is 5.67. The average molecular weight is 500 g/mol. The van der Waals surface area contributed by atoms with Gasteiger partial charge < -0.3 is 15.0 Å². The summed E-state index contributed by atoms with van der Waals surface area (Å²) in [7, 11) is 0. The van der Waals surface area contributed by atoms with Gasteiger partial charge in [0.15, 0.2) is 0 Å². The number of ether oxygens (including phenoxy) is 1. The third-order valence-corrected chi connectivity index (χ3v) is 6.14. The van der Waals surface area contributed by atoms with Crippen LogP contribution in [0.1, 0.15) is 45.6 Å². The van der Waals surface area contributed by atoms with Crippen molar-refractivity contribution < 1.29 is 14.3 Å². The predicted molar refractivity (Wildman–Crippen MR) is 131 cm³/mol. The maximum absolute atomic E-state index is 13.1. The van der Waals surface area contributed by atoms with Gasteiger partial charge in [0.25, 0.3) is 0 Å². The van der Waals surface area contributed by atoms with E-state index in [0.29, 0.717) is 39.4 Å². The Kier molecular flexibility index (Phi) is 10.6. The second kappa shape index (κ2) is 12.9. The second-order valence-corrected chi connectivity index (χ2v) is 8.87. The molecule has 2 aromatic carbocycles. The van der Waals surface area contributed by atoms with E-state index in [1.54, 1.807) is 49.4 Å².